The molecule has 3 aromatic carbocycles. The van der Waals surface area contributed by atoms with Crippen LogP contribution in [0.25, 0.3) is 10.9 Å². The van der Waals surface area contributed by atoms with Crippen molar-refractivity contribution in [1.82, 2.24) is 10.3 Å². The molecule has 35 heavy (non-hydrogen) atoms. The average molecular weight is 513 g/mol. The minimum atomic E-state index is -0.922. The smallest absolute Gasteiger partial charge is 0.321 e. The molecular weight excluding hydrogens is 487 g/mol. The number of hydrogen-bond donors (Lipinski definition) is 3. The summed E-state index contributed by atoms with van der Waals surface area (Å²) in [4.78, 5) is 15.2. The van der Waals surface area contributed by atoms with E-state index in [0.717, 1.165) is 27.6 Å². The number of hydrogen-bond acceptors (Lipinski definition) is 4. The minimum absolute atomic E-state index is 0.302. The molecule has 0 spiro atoms. The number of aliphatic carboxylic acids is 1. The van der Waals surface area contributed by atoms with Crippen LogP contribution >= 0.6 is 23.2 Å². The van der Waals surface area contributed by atoms with Gasteiger partial charge >= 0.3 is 5.97 Å². The third-order valence-corrected chi connectivity index (χ3v) is 6.15. The van der Waals surface area contributed by atoms with Gasteiger partial charge in [-0.3, -0.25) is 4.79 Å². The number of para-hydroxylation sites is 1. The molecule has 1 heterocycles. The summed E-state index contributed by atoms with van der Waals surface area (Å²) < 4.78 is 11.7. The Kier molecular flexibility index (Phi) is 8.18. The van der Waals surface area contributed by atoms with Crippen LogP contribution in [-0.2, 0) is 24.4 Å². The first-order valence-electron chi connectivity index (χ1n) is 11.3. The van der Waals surface area contributed by atoms with Crippen LogP contribution < -0.4 is 14.8 Å². The van der Waals surface area contributed by atoms with Crippen LogP contribution in [0.5, 0.6) is 11.5 Å². The van der Waals surface area contributed by atoms with Crippen molar-refractivity contribution in [3.63, 3.8) is 0 Å². The van der Waals surface area contributed by atoms with Gasteiger partial charge in [0.1, 0.15) is 12.6 Å². The van der Waals surface area contributed by atoms with Crippen LogP contribution in [0, 0.1) is 0 Å². The van der Waals surface area contributed by atoms with Crippen molar-refractivity contribution in [2.45, 2.75) is 32.5 Å². The Labute approximate surface area is 213 Å². The largest absolute Gasteiger partial charge is 0.490 e. The molecule has 4 rings (SSSR count). The van der Waals surface area contributed by atoms with Crippen LogP contribution in [0.3, 0.4) is 0 Å². The Morgan fingerprint density at radius 2 is 1.83 bits per heavy atom. The highest BCUT2D eigenvalue weighted by Crippen LogP contribution is 2.37. The van der Waals surface area contributed by atoms with Crippen LogP contribution in [0.2, 0.25) is 10.0 Å². The highest BCUT2D eigenvalue weighted by molar-refractivity contribution is 6.32. The van der Waals surface area contributed by atoms with E-state index in [1.807, 2.05) is 55.6 Å². The number of nitrogens with one attached hydrogen (secondary N) is 2. The number of halogens is 2. The summed E-state index contributed by atoms with van der Waals surface area (Å²) in [7, 11) is 0. The molecule has 1 atom stereocenters. The lowest BCUT2D eigenvalue weighted by Gasteiger charge is -2.17. The van der Waals surface area contributed by atoms with Gasteiger partial charge in [0, 0.05) is 35.1 Å². The van der Waals surface area contributed by atoms with Gasteiger partial charge in [0.2, 0.25) is 0 Å². The average Bonchev–Trinajstić information content (AvgIpc) is 3.25. The number of aromatic amines is 1. The summed E-state index contributed by atoms with van der Waals surface area (Å²) in [6, 6.07) is 18.0. The molecule has 0 amide bonds. The summed E-state index contributed by atoms with van der Waals surface area (Å²) in [5.74, 6) is 0.0318. The molecule has 3 N–H and O–H groups in total. The second-order valence-electron chi connectivity index (χ2n) is 8.09. The van der Waals surface area contributed by atoms with Gasteiger partial charge in [0.15, 0.2) is 11.5 Å². The van der Waals surface area contributed by atoms with Crippen molar-refractivity contribution in [2.75, 3.05) is 6.61 Å². The number of H-pyrrole nitrogens is 1. The van der Waals surface area contributed by atoms with Crippen molar-refractivity contribution in [2.24, 2.45) is 0 Å². The molecule has 0 bridgehead atoms. The van der Waals surface area contributed by atoms with Gasteiger partial charge in [-0.05, 0) is 53.9 Å². The van der Waals surface area contributed by atoms with Crippen molar-refractivity contribution in [1.29, 1.82) is 0 Å². The molecule has 1 unspecified atom stereocenters. The Balaban J connectivity index is 1.47. The summed E-state index contributed by atoms with van der Waals surface area (Å²) in [6.07, 6.45) is 2.20. The third-order valence-electron chi connectivity index (χ3n) is 5.62. The molecule has 0 saturated carbocycles. The van der Waals surface area contributed by atoms with E-state index in [2.05, 4.69) is 10.3 Å². The number of carboxylic acid groups (broad SMARTS) is 1. The Morgan fingerprint density at radius 3 is 2.57 bits per heavy atom. The maximum atomic E-state index is 12.0. The first-order valence-corrected chi connectivity index (χ1v) is 12.0. The highest BCUT2D eigenvalue weighted by Gasteiger charge is 2.20. The fraction of sp³-hybridized carbons (Fsp3) is 0.222. The van der Waals surface area contributed by atoms with Gasteiger partial charge < -0.3 is 24.9 Å². The van der Waals surface area contributed by atoms with E-state index < -0.39 is 12.0 Å². The molecule has 0 aliphatic rings. The van der Waals surface area contributed by atoms with Crippen molar-refractivity contribution < 1.29 is 19.4 Å². The molecule has 0 saturated heterocycles. The third kappa shape index (κ3) is 6.28. The predicted molar refractivity (Wildman–Crippen MR) is 139 cm³/mol. The van der Waals surface area contributed by atoms with Gasteiger partial charge in [-0.2, -0.15) is 0 Å². The van der Waals surface area contributed by atoms with E-state index in [-0.39, 0.29) is 0 Å². The van der Waals surface area contributed by atoms with Gasteiger partial charge in [-0.25, -0.2) is 0 Å². The molecule has 0 fully saturated rings. The molecule has 182 valence electrons. The second-order valence-corrected chi connectivity index (χ2v) is 8.93. The zero-order valence-corrected chi connectivity index (χ0v) is 20.7. The van der Waals surface area contributed by atoms with E-state index in [9.17, 15) is 9.90 Å². The van der Waals surface area contributed by atoms with E-state index in [4.69, 9.17) is 32.7 Å². The SMILES string of the molecule is CCOc1cc(CNC(Cc2c[nH]c3ccccc23)C(=O)O)cc(Cl)c1OCc1ccc(Cl)cc1. The highest BCUT2D eigenvalue weighted by atomic mass is 35.5. The first kappa shape index (κ1) is 24.9. The van der Waals surface area contributed by atoms with Crippen LogP contribution in [0.15, 0.2) is 66.9 Å². The summed E-state index contributed by atoms with van der Waals surface area (Å²) in [6.45, 7) is 2.92. The normalized spacial score (nSPS) is 12.0. The second kappa shape index (κ2) is 11.5. The zero-order chi connectivity index (χ0) is 24.8. The fourth-order valence-electron chi connectivity index (χ4n) is 3.87. The summed E-state index contributed by atoms with van der Waals surface area (Å²) in [5.41, 5.74) is 3.66. The number of carboxylic acids is 1. The standard InChI is InChI=1S/C27H26Cl2N2O4/c1-2-34-25-12-18(11-22(29)26(25)35-16-17-7-9-20(28)10-8-17)14-30-24(27(32)33)13-19-15-31-23-6-4-3-5-21(19)23/h3-12,15,24,30-31H,2,13-14,16H2,1H3,(H,32,33). The van der Waals surface area contributed by atoms with E-state index in [1.54, 1.807) is 18.2 Å². The molecule has 0 radical (unpaired) electrons. The lowest BCUT2D eigenvalue weighted by atomic mass is 10.0. The summed E-state index contributed by atoms with van der Waals surface area (Å²) >= 11 is 12.5. The first-order chi connectivity index (χ1) is 16.9. The minimum Gasteiger partial charge on any atom is -0.490 e. The number of fused-ring (bicyclic) bond motifs is 1. The Bertz CT molecular complexity index is 1300. The van der Waals surface area contributed by atoms with Crippen molar-refractivity contribution in [3.8, 4) is 11.5 Å². The number of rotatable bonds is 11. The van der Waals surface area contributed by atoms with Gasteiger partial charge in [-0.15, -0.1) is 0 Å². The maximum absolute atomic E-state index is 12.0. The predicted octanol–water partition coefficient (Wildman–Crippen LogP) is 6.24. The van der Waals surface area contributed by atoms with Gasteiger partial charge in [0.25, 0.3) is 0 Å². The van der Waals surface area contributed by atoms with Crippen molar-refractivity contribution >= 4 is 40.1 Å². The fourth-order valence-corrected chi connectivity index (χ4v) is 4.28. The molecule has 0 aliphatic heterocycles. The Hall–Kier alpha value is -3.19. The van der Waals surface area contributed by atoms with Crippen LogP contribution in [0.4, 0.5) is 0 Å². The topological polar surface area (TPSA) is 83.6 Å². The quantitative estimate of drug-likeness (QED) is 0.221. The van der Waals surface area contributed by atoms with Crippen LogP contribution in [-0.4, -0.2) is 28.7 Å². The van der Waals surface area contributed by atoms with Crippen molar-refractivity contribution in [3.05, 3.63) is 93.6 Å². The van der Waals surface area contributed by atoms with Gasteiger partial charge in [-0.1, -0.05) is 53.5 Å². The monoisotopic (exact) mass is 512 g/mol. The molecule has 1 aromatic heterocycles. The van der Waals surface area contributed by atoms with Crippen LogP contribution in [0.1, 0.15) is 23.6 Å². The molecular formula is C27H26Cl2N2O4. The lowest BCUT2D eigenvalue weighted by molar-refractivity contribution is -0.139. The lowest BCUT2D eigenvalue weighted by Crippen LogP contribution is -2.38. The number of benzene rings is 3. The summed E-state index contributed by atoms with van der Waals surface area (Å²) in [5, 5.41) is 15.0. The maximum Gasteiger partial charge on any atom is 0.321 e. The molecule has 8 heteroatoms. The van der Waals surface area contributed by atoms with E-state index in [0.29, 0.717) is 47.7 Å². The molecule has 6 nitrogen and oxygen atoms in total. The Morgan fingerprint density at radius 1 is 1.06 bits per heavy atom. The van der Waals surface area contributed by atoms with Gasteiger partial charge in [0.05, 0.1) is 11.6 Å². The van der Waals surface area contributed by atoms with E-state index >= 15 is 0 Å². The number of carbonyl (C=O) groups is 1. The molecule has 4 aromatic rings. The zero-order valence-electron chi connectivity index (χ0n) is 19.2. The number of aromatic nitrogens is 1. The number of ether oxygens (including phenoxy) is 2. The van der Waals surface area contributed by atoms with E-state index in [1.165, 1.54) is 0 Å². The molecule has 0 aliphatic carbocycles.